The molecule has 9 aromatic carbocycles. The lowest BCUT2D eigenvalue weighted by atomic mass is 9.95. The quantitative estimate of drug-likeness (QED) is 0.160. The molecule has 2 heteroatoms. The van der Waals surface area contributed by atoms with Crippen molar-refractivity contribution in [2.24, 2.45) is 0 Å². The van der Waals surface area contributed by atoms with Crippen molar-refractivity contribution >= 4 is 59.3 Å². The number of rotatable bonds is 7. The van der Waals surface area contributed by atoms with Crippen molar-refractivity contribution in [3.63, 3.8) is 0 Å². The summed E-state index contributed by atoms with van der Waals surface area (Å²) < 4.78 is 2.64. The molecule has 10 rings (SSSR count). The molecule has 1 nitrogen and oxygen atoms in total. The Balaban J connectivity index is 1.06. The first-order valence-corrected chi connectivity index (χ1v) is 19.2. The van der Waals surface area contributed by atoms with Crippen molar-refractivity contribution in [2.75, 3.05) is 4.90 Å². The summed E-state index contributed by atoms with van der Waals surface area (Å²) in [6, 6.07) is 77.1. The second-order valence-corrected chi connectivity index (χ2v) is 14.8. The van der Waals surface area contributed by atoms with Gasteiger partial charge in [-0.05, 0) is 104 Å². The Kier molecular flexibility index (Phi) is 8.09. The molecular weight excluding hydrogens is 671 g/mol. The van der Waals surface area contributed by atoms with Gasteiger partial charge in [-0.1, -0.05) is 164 Å². The van der Waals surface area contributed by atoms with Crippen LogP contribution in [0.1, 0.15) is 0 Å². The first-order valence-electron chi connectivity index (χ1n) is 18.4. The SMILES string of the molecule is c1ccc(-c2ccc(N(c3ccc(-c4cccc(-c5cccc6ccccc56)c4)cc3)c3cccc(-c4cccc5c4sc4ccccc45)c3)cc2)cc1. The van der Waals surface area contributed by atoms with E-state index in [2.05, 4.69) is 217 Å². The Hall–Kier alpha value is -6.74. The maximum atomic E-state index is 2.37. The summed E-state index contributed by atoms with van der Waals surface area (Å²) >= 11 is 1.88. The van der Waals surface area contributed by atoms with E-state index in [0.29, 0.717) is 0 Å². The molecule has 1 aromatic heterocycles. The highest BCUT2D eigenvalue weighted by atomic mass is 32.1. The van der Waals surface area contributed by atoms with Crippen LogP contribution in [-0.4, -0.2) is 0 Å². The third-order valence-electron chi connectivity index (χ3n) is 10.5. The van der Waals surface area contributed by atoms with Gasteiger partial charge in [0.1, 0.15) is 0 Å². The second kappa shape index (κ2) is 13.7. The van der Waals surface area contributed by atoms with E-state index in [4.69, 9.17) is 0 Å². The van der Waals surface area contributed by atoms with Crippen LogP contribution in [0.4, 0.5) is 17.1 Å². The van der Waals surface area contributed by atoms with Gasteiger partial charge in [0.2, 0.25) is 0 Å². The molecule has 0 amide bonds. The summed E-state index contributed by atoms with van der Waals surface area (Å²) in [6.45, 7) is 0. The molecule has 54 heavy (non-hydrogen) atoms. The lowest BCUT2D eigenvalue weighted by molar-refractivity contribution is 1.28. The normalized spacial score (nSPS) is 11.3. The zero-order valence-corrected chi connectivity index (χ0v) is 30.4. The molecule has 0 saturated heterocycles. The van der Waals surface area contributed by atoms with Gasteiger partial charge in [0.05, 0.1) is 0 Å². The highest BCUT2D eigenvalue weighted by Gasteiger charge is 2.16. The number of anilines is 3. The molecule has 254 valence electrons. The molecule has 0 radical (unpaired) electrons. The van der Waals surface area contributed by atoms with Crippen molar-refractivity contribution < 1.29 is 0 Å². The Labute approximate surface area is 319 Å². The molecule has 0 N–H and O–H groups in total. The zero-order valence-electron chi connectivity index (χ0n) is 29.6. The molecule has 0 spiro atoms. The van der Waals surface area contributed by atoms with E-state index >= 15 is 0 Å². The smallest absolute Gasteiger partial charge is 0.0467 e. The average Bonchev–Trinajstić information content (AvgIpc) is 3.64. The molecule has 0 bridgehead atoms. The van der Waals surface area contributed by atoms with Gasteiger partial charge in [0.25, 0.3) is 0 Å². The lowest BCUT2D eigenvalue weighted by Crippen LogP contribution is -2.10. The van der Waals surface area contributed by atoms with Crippen LogP contribution in [0.15, 0.2) is 212 Å². The third kappa shape index (κ3) is 5.84. The summed E-state index contributed by atoms with van der Waals surface area (Å²) in [5.41, 5.74) is 13.1. The number of benzene rings is 9. The fraction of sp³-hybridized carbons (Fsp3) is 0. The number of fused-ring (bicyclic) bond motifs is 4. The van der Waals surface area contributed by atoms with E-state index in [9.17, 15) is 0 Å². The van der Waals surface area contributed by atoms with Gasteiger partial charge in [0.15, 0.2) is 0 Å². The molecular formula is C52H35NS. The van der Waals surface area contributed by atoms with Crippen LogP contribution in [-0.2, 0) is 0 Å². The zero-order chi connectivity index (χ0) is 35.8. The number of hydrogen-bond donors (Lipinski definition) is 0. The molecule has 0 aliphatic rings. The molecule has 0 saturated carbocycles. The topological polar surface area (TPSA) is 3.24 Å². The maximum absolute atomic E-state index is 2.37. The predicted molar refractivity (Wildman–Crippen MR) is 233 cm³/mol. The highest BCUT2D eigenvalue weighted by molar-refractivity contribution is 7.26. The van der Waals surface area contributed by atoms with E-state index in [-0.39, 0.29) is 0 Å². The van der Waals surface area contributed by atoms with E-state index < -0.39 is 0 Å². The average molecular weight is 706 g/mol. The van der Waals surface area contributed by atoms with Crippen LogP contribution >= 0.6 is 11.3 Å². The molecule has 0 fully saturated rings. The molecule has 0 aliphatic heterocycles. The molecule has 0 atom stereocenters. The fourth-order valence-electron chi connectivity index (χ4n) is 7.81. The Morgan fingerprint density at radius 2 is 0.815 bits per heavy atom. The Morgan fingerprint density at radius 3 is 1.61 bits per heavy atom. The largest absolute Gasteiger partial charge is 0.310 e. The molecule has 0 unspecified atom stereocenters. The lowest BCUT2D eigenvalue weighted by Gasteiger charge is -2.26. The van der Waals surface area contributed by atoms with Crippen LogP contribution < -0.4 is 4.90 Å². The monoisotopic (exact) mass is 705 g/mol. The number of thiophene rings is 1. The van der Waals surface area contributed by atoms with Crippen LogP contribution in [0.25, 0.3) is 75.5 Å². The predicted octanol–water partition coefficient (Wildman–Crippen LogP) is 15.3. The summed E-state index contributed by atoms with van der Waals surface area (Å²) in [5.74, 6) is 0. The number of hydrogen-bond acceptors (Lipinski definition) is 2. The minimum atomic E-state index is 1.11. The van der Waals surface area contributed by atoms with E-state index in [1.165, 1.54) is 75.5 Å². The fourth-order valence-corrected chi connectivity index (χ4v) is 9.05. The van der Waals surface area contributed by atoms with Crippen LogP contribution in [0.5, 0.6) is 0 Å². The van der Waals surface area contributed by atoms with Crippen LogP contribution in [0, 0.1) is 0 Å². The number of nitrogens with zero attached hydrogens (tertiary/aromatic N) is 1. The van der Waals surface area contributed by atoms with Gasteiger partial charge in [0, 0.05) is 37.2 Å². The summed E-state index contributed by atoms with van der Waals surface area (Å²) in [7, 11) is 0. The third-order valence-corrected chi connectivity index (χ3v) is 11.7. The van der Waals surface area contributed by atoms with Gasteiger partial charge >= 0.3 is 0 Å². The highest BCUT2D eigenvalue weighted by Crippen LogP contribution is 2.43. The van der Waals surface area contributed by atoms with Gasteiger partial charge in [-0.2, -0.15) is 0 Å². The molecule has 0 aliphatic carbocycles. The van der Waals surface area contributed by atoms with Crippen molar-refractivity contribution in [2.45, 2.75) is 0 Å². The van der Waals surface area contributed by atoms with Gasteiger partial charge in [-0.25, -0.2) is 0 Å². The van der Waals surface area contributed by atoms with Gasteiger partial charge in [-0.3, -0.25) is 0 Å². The van der Waals surface area contributed by atoms with E-state index in [0.717, 1.165) is 17.1 Å². The van der Waals surface area contributed by atoms with Crippen molar-refractivity contribution in [1.29, 1.82) is 0 Å². The van der Waals surface area contributed by atoms with Crippen LogP contribution in [0.2, 0.25) is 0 Å². The first kappa shape index (κ1) is 32.0. The molecule has 1 heterocycles. The van der Waals surface area contributed by atoms with Crippen molar-refractivity contribution in [1.82, 2.24) is 0 Å². The molecule has 10 aromatic rings. The summed E-state index contributed by atoms with van der Waals surface area (Å²) in [6.07, 6.45) is 0. The maximum Gasteiger partial charge on any atom is 0.0467 e. The summed E-state index contributed by atoms with van der Waals surface area (Å²) in [4.78, 5) is 2.37. The standard InChI is InChI=1S/C52H35NS/c1-2-12-36(13-3-1)37-26-30-43(31-27-37)53(45-19-9-18-42(35-45)48-23-11-24-50-49-21-6-7-25-51(49)54-52(48)50)44-32-28-38(29-33-44)40-16-8-17-41(34-40)47-22-10-15-39-14-4-5-20-46(39)47/h1-35H. The van der Waals surface area contributed by atoms with Crippen molar-refractivity contribution in [3.8, 4) is 44.5 Å². The minimum Gasteiger partial charge on any atom is -0.310 e. The minimum absolute atomic E-state index is 1.11. The van der Waals surface area contributed by atoms with E-state index in [1.807, 2.05) is 11.3 Å². The van der Waals surface area contributed by atoms with Crippen LogP contribution in [0.3, 0.4) is 0 Å². The first-order chi connectivity index (χ1) is 26.8. The summed E-state index contributed by atoms with van der Waals surface area (Å²) in [5, 5.41) is 5.16. The van der Waals surface area contributed by atoms with E-state index in [1.54, 1.807) is 0 Å². The Bertz CT molecular complexity index is 2920. The Morgan fingerprint density at radius 1 is 0.296 bits per heavy atom. The van der Waals surface area contributed by atoms with Gasteiger partial charge < -0.3 is 4.90 Å². The van der Waals surface area contributed by atoms with Crippen molar-refractivity contribution in [3.05, 3.63) is 212 Å². The van der Waals surface area contributed by atoms with Gasteiger partial charge in [-0.15, -0.1) is 11.3 Å². The second-order valence-electron chi connectivity index (χ2n) is 13.7.